The third kappa shape index (κ3) is 2.98. The minimum absolute atomic E-state index is 0.464. The number of alkyl halides is 1. The minimum Gasteiger partial charge on any atom is -0.477 e. The first-order valence-electron chi connectivity index (χ1n) is 2.30. The molecule has 48 valence electrons. The lowest BCUT2D eigenvalue weighted by atomic mass is 10.2. The number of quaternary nitrogens is 1. The highest BCUT2D eigenvalue weighted by Gasteiger charge is 2.12. The first kappa shape index (κ1) is 7.91. The highest BCUT2D eigenvalue weighted by molar-refractivity contribution is 9.09. The molecule has 0 aromatic heterocycles. The molecule has 0 amide bonds. The van der Waals surface area contributed by atoms with Crippen molar-refractivity contribution < 1.29 is 15.6 Å². The molecule has 0 heterocycles. The molecule has 1 unspecified atom stereocenters. The van der Waals surface area contributed by atoms with Crippen LogP contribution >= 0.6 is 15.9 Å². The molecule has 0 fully saturated rings. The lowest BCUT2D eigenvalue weighted by Crippen LogP contribution is -2.65. The molecule has 0 rings (SSSR count). The van der Waals surface area contributed by atoms with Crippen molar-refractivity contribution in [2.45, 2.75) is 12.5 Å². The highest BCUT2D eigenvalue weighted by Crippen LogP contribution is 1.89. The van der Waals surface area contributed by atoms with Gasteiger partial charge >= 0.3 is 5.97 Å². The summed E-state index contributed by atoms with van der Waals surface area (Å²) < 4.78 is 0. The Hall–Kier alpha value is -0.0900. The highest BCUT2D eigenvalue weighted by atomic mass is 79.9. The molecular formula is C4H9BrNO2+. The van der Waals surface area contributed by atoms with E-state index in [2.05, 4.69) is 21.7 Å². The van der Waals surface area contributed by atoms with Crippen molar-refractivity contribution in [1.82, 2.24) is 0 Å². The average molecular weight is 183 g/mol. The van der Waals surface area contributed by atoms with Crippen molar-refractivity contribution in [1.29, 1.82) is 0 Å². The summed E-state index contributed by atoms with van der Waals surface area (Å²) in [5, 5.41) is 8.93. The molecule has 3 nitrogen and oxygen atoms in total. The maximum atomic E-state index is 10.0. The van der Waals surface area contributed by atoms with E-state index in [1.807, 2.05) is 0 Å². The van der Waals surface area contributed by atoms with Gasteiger partial charge in [-0.25, -0.2) is 4.79 Å². The van der Waals surface area contributed by atoms with Crippen molar-refractivity contribution in [3.63, 3.8) is 0 Å². The fourth-order valence-corrected chi connectivity index (χ4v) is 0.808. The van der Waals surface area contributed by atoms with Gasteiger partial charge in [0, 0.05) is 11.8 Å². The molecule has 0 radical (unpaired) electrons. The Labute approximate surface area is 56.0 Å². The molecule has 4 heteroatoms. The van der Waals surface area contributed by atoms with E-state index in [4.69, 9.17) is 5.11 Å². The Balaban J connectivity index is 3.32. The van der Waals surface area contributed by atoms with E-state index >= 15 is 0 Å². The molecule has 0 saturated carbocycles. The van der Waals surface area contributed by atoms with Crippen molar-refractivity contribution in [2.24, 2.45) is 0 Å². The summed E-state index contributed by atoms with van der Waals surface area (Å²) in [6.45, 7) is 0. The third-order valence-corrected chi connectivity index (χ3v) is 1.26. The second-order valence-corrected chi connectivity index (χ2v) is 2.31. The lowest BCUT2D eigenvalue weighted by Gasteiger charge is -1.96. The fraction of sp³-hybridized carbons (Fsp3) is 0.750. The maximum absolute atomic E-state index is 10.0. The lowest BCUT2D eigenvalue weighted by molar-refractivity contribution is -0.407. The van der Waals surface area contributed by atoms with Gasteiger partial charge in [-0.05, 0) is 0 Å². The number of carboxylic acids is 1. The van der Waals surface area contributed by atoms with Crippen LogP contribution in [-0.4, -0.2) is 22.4 Å². The van der Waals surface area contributed by atoms with Crippen LogP contribution in [0.1, 0.15) is 6.42 Å². The van der Waals surface area contributed by atoms with Gasteiger partial charge in [0.25, 0.3) is 0 Å². The number of hydrogen-bond donors (Lipinski definition) is 2. The van der Waals surface area contributed by atoms with Crippen molar-refractivity contribution in [3.8, 4) is 0 Å². The van der Waals surface area contributed by atoms with Gasteiger partial charge in [-0.2, -0.15) is 0 Å². The van der Waals surface area contributed by atoms with Crippen LogP contribution in [0.4, 0.5) is 0 Å². The molecule has 0 spiro atoms. The first-order valence-corrected chi connectivity index (χ1v) is 3.42. The molecular weight excluding hydrogens is 174 g/mol. The van der Waals surface area contributed by atoms with E-state index in [0.717, 1.165) is 0 Å². The number of halogens is 1. The van der Waals surface area contributed by atoms with E-state index < -0.39 is 12.0 Å². The molecule has 0 aliphatic carbocycles. The summed E-state index contributed by atoms with van der Waals surface area (Å²) in [6.07, 6.45) is 0.593. The second-order valence-electron chi connectivity index (χ2n) is 1.51. The van der Waals surface area contributed by atoms with Gasteiger partial charge in [0.2, 0.25) is 0 Å². The number of rotatable bonds is 3. The Morgan fingerprint density at radius 2 is 2.38 bits per heavy atom. The predicted octanol–water partition coefficient (Wildman–Crippen LogP) is -0.534. The minimum atomic E-state index is -0.829. The van der Waals surface area contributed by atoms with E-state index in [1.165, 1.54) is 0 Å². The zero-order valence-electron chi connectivity index (χ0n) is 4.43. The van der Waals surface area contributed by atoms with Gasteiger partial charge in [-0.3, -0.25) is 0 Å². The van der Waals surface area contributed by atoms with Crippen LogP contribution in [-0.2, 0) is 4.79 Å². The van der Waals surface area contributed by atoms with Gasteiger partial charge in [0.1, 0.15) is 0 Å². The summed E-state index contributed by atoms with van der Waals surface area (Å²) in [7, 11) is 0. The van der Waals surface area contributed by atoms with Crippen molar-refractivity contribution in [3.05, 3.63) is 0 Å². The second kappa shape index (κ2) is 3.86. The average Bonchev–Trinajstić information content (AvgIpc) is 1.67. The van der Waals surface area contributed by atoms with E-state index in [-0.39, 0.29) is 0 Å². The van der Waals surface area contributed by atoms with Gasteiger partial charge in [-0.1, -0.05) is 15.9 Å². The Morgan fingerprint density at radius 1 is 1.88 bits per heavy atom. The van der Waals surface area contributed by atoms with Gasteiger partial charge < -0.3 is 10.8 Å². The van der Waals surface area contributed by atoms with Crippen LogP contribution in [0.5, 0.6) is 0 Å². The van der Waals surface area contributed by atoms with Crippen LogP contribution in [0.3, 0.4) is 0 Å². The number of carboxylic acid groups (broad SMARTS) is 1. The summed E-state index contributed by atoms with van der Waals surface area (Å²) in [5.41, 5.74) is 3.40. The maximum Gasteiger partial charge on any atom is 0.362 e. The van der Waals surface area contributed by atoms with Crippen LogP contribution in [0.15, 0.2) is 0 Å². The van der Waals surface area contributed by atoms with E-state index in [9.17, 15) is 4.79 Å². The topological polar surface area (TPSA) is 64.9 Å². The monoisotopic (exact) mass is 182 g/mol. The Kier molecular flexibility index (Phi) is 3.81. The van der Waals surface area contributed by atoms with Crippen LogP contribution < -0.4 is 5.73 Å². The number of aliphatic carboxylic acids is 1. The number of carbonyl (C=O) groups is 1. The summed E-state index contributed by atoms with van der Waals surface area (Å²) in [5.74, 6) is -0.829. The molecule has 0 aromatic rings. The standard InChI is InChI=1S/C4H8BrNO2/c5-2-1-3(6)4(7)8/h3H,1-2,6H2,(H,7,8)/p+1. The molecule has 0 bridgehead atoms. The molecule has 0 aliphatic rings. The van der Waals surface area contributed by atoms with Gasteiger partial charge in [-0.15, -0.1) is 0 Å². The van der Waals surface area contributed by atoms with E-state index in [0.29, 0.717) is 11.8 Å². The first-order chi connectivity index (χ1) is 3.68. The number of hydrogen-bond acceptors (Lipinski definition) is 1. The van der Waals surface area contributed by atoms with Crippen LogP contribution in [0.2, 0.25) is 0 Å². The Morgan fingerprint density at radius 3 is 2.50 bits per heavy atom. The molecule has 8 heavy (non-hydrogen) atoms. The predicted molar refractivity (Wildman–Crippen MR) is 32.7 cm³/mol. The summed E-state index contributed by atoms with van der Waals surface area (Å²) >= 11 is 3.11. The van der Waals surface area contributed by atoms with Gasteiger partial charge in [0.05, 0.1) is 0 Å². The van der Waals surface area contributed by atoms with Crippen molar-refractivity contribution in [2.75, 3.05) is 5.33 Å². The fourth-order valence-electron chi connectivity index (χ4n) is 0.255. The van der Waals surface area contributed by atoms with Crippen LogP contribution in [0.25, 0.3) is 0 Å². The SMILES string of the molecule is [NH3+]C(CCBr)C(=O)O. The molecule has 0 aliphatic heterocycles. The third-order valence-electron chi connectivity index (χ3n) is 0.807. The zero-order chi connectivity index (χ0) is 6.57. The molecule has 0 aromatic carbocycles. The molecule has 0 saturated heterocycles. The van der Waals surface area contributed by atoms with Crippen LogP contribution in [0, 0.1) is 0 Å². The normalized spacial score (nSPS) is 13.2. The summed E-state index contributed by atoms with van der Waals surface area (Å²) in [4.78, 5) is 10.0. The van der Waals surface area contributed by atoms with Gasteiger partial charge in [0.15, 0.2) is 6.04 Å². The largest absolute Gasteiger partial charge is 0.477 e. The van der Waals surface area contributed by atoms with E-state index in [1.54, 1.807) is 0 Å². The molecule has 4 N–H and O–H groups in total. The van der Waals surface area contributed by atoms with Crippen molar-refractivity contribution >= 4 is 21.9 Å². The quantitative estimate of drug-likeness (QED) is 0.577. The summed E-state index contributed by atoms with van der Waals surface area (Å²) in [6, 6.07) is -0.464. The smallest absolute Gasteiger partial charge is 0.362 e. The Bertz CT molecular complexity index is 86.1. The molecule has 1 atom stereocenters. The zero-order valence-corrected chi connectivity index (χ0v) is 6.02.